The zero-order chi connectivity index (χ0) is 21.9. The number of carbonyl (C=O) groups excluding carboxylic acids is 1. The first-order valence-electron chi connectivity index (χ1n) is 9.59. The highest BCUT2D eigenvalue weighted by atomic mass is 32.2. The van der Waals surface area contributed by atoms with Crippen LogP contribution in [0.4, 0.5) is 5.69 Å². The van der Waals surface area contributed by atoms with Crippen LogP contribution < -0.4 is 5.32 Å². The van der Waals surface area contributed by atoms with Gasteiger partial charge in [-0.05, 0) is 55.3 Å². The molecule has 1 N–H and O–H groups in total. The minimum Gasteiger partial charge on any atom is -0.325 e. The third-order valence-corrected chi connectivity index (χ3v) is 7.84. The topological polar surface area (TPSA) is 79.4 Å². The van der Waals surface area contributed by atoms with E-state index in [9.17, 15) is 13.2 Å². The number of aromatic nitrogens is 1. The van der Waals surface area contributed by atoms with Crippen molar-refractivity contribution in [2.24, 2.45) is 0 Å². The highest BCUT2D eigenvalue weighted by Gasteiger charge is 2.20. The minimum atomic E-state index is -3.50. The van der Waals surface area contributed by atoms with Gasteiger partial charge in [-0.1, -0.05) is 36.9 Å². The first kappa shape index (κ1) is 22.3. The van der Waals surface area contributed by atoms with Crippen LogP contribution in [-0.4, -0.2) is 43.0 Å². The molecule has 0 radical (unpaired) electrons. The lowest BCUT2D eigenvalue weighted by Crippen LogP contribution is -2.25. The number of hydrogen-bond donors (Lipinski definition) is 1. The highest BCUT2D eigenvalue weighted by molar-refractivity contribution is 8.00. The molecule has 30 heavy (non-hydrogen) atoms. The molecule has 2 aromatic carbocycles. The second kappa shape index (κ2) is 9.16. The van der Waals surface area contributed by atoms with E-state index in [1.807, 2.05) is 44.2 Å². The zero-order valence-electron chi connectivity index (χ0n) is 17.4. The normalized spacial score (nSPS) is 12.8. The van der Waals surface area contributed by atoms with Gasteiger partial charge in [0.1, 0.15) is 0 Å². The SMILES string of the molecule is CCC(Sc1cc(C)c2ccccc2n1)C(=O)Nc1ccc(S(=O)(=O)N(C)C)cc1. The fourth-order valence-electron chi connectivity index (χ4n) is 2.99. The first-order valence-corrected chi connectivity index (χ1v) is 11.9. The Morgan fingerprint density at radius 3 is 2.43 bits per heavy atom. The molecule has 1 amide bonds. The molecule has 0 aliphatic heterocycles. The van der Waals surface area contributed by atoms with E-state index in [0.29, 0.717) is 12.1 Å². The maximum absolute atomic E-state index is 12.8. The molecule has 1 heterocycles. The fourth-order valence-corrected chi connectivity index (χ4v) is 4.91. The molecule has 3 aromatic rings. The monoisotopic (exact) mass is 443 g/mol. The molecular formula is C22H25N3O3S2. The van der Waals surface area contributed by atoms with E-state index in [2.05, 4.69) is 10.3 Å². The second-order valence-electron chi connectivity index (χ2n) is 7.11. The Hall–Kier alpha value is -2.42. The van der Waals surface area contributed by atoms with E-state index in [0.717, 1.165) is 25.8 Å². The number of anilines is 1. The molecule has 1 atom stereocenters. The van der Waals surface area contributed by atoms with Crippen LogP contribution in [0.25, 0.3) is 10.9 Å². The number of benzene rings is 2. The largest absolute Gasteiger partial charge is 0.325 e. The van der Waals surface area contributed by atoms with E-state index in [4.69, 9.17) is 0 Å². The number of sulfonamides is 1. The Balaban J connectivity index is 1.74. The Morgan fingerprint density at radius 1 is 1.13 bits per heavy atom. The van der Waals surface area contributed by atoms with Crippen LogP contribution in [0.3, 0.4) is 0 Å². The number of para-hydroxylation sites is 1. The average Bonchev–Trinajstić information content (AvgIpc) is 2.72. The second-order valence-corrected chi connectivity index (χ2v) is 10.5. The summed E-state index contributed by atoms with van der Waals surface area (Å²) in [5.74, 6) is -0.140. The molecule has 1 aromatic heterocycles. The van der Waals surface area contributed by atoms with Gasteiger partial charge in [0.05, 0.1) is 20.7 Å². The number of nitrogens with one attached hydrogen (secondary N) is 1. The van der Waals surface area contributed by atoms with E-state index in [1.165, 1.54) is 38.0 Å². The van der Waals surface area contributed by atoms with E-state index in [-0.39, 0.29) is 16.1 Å². The molecule has 158 valence electrons. The van der Waals surface area contributed by atoms with Crippen LogP contribution in [0, 0.1) is 6.92 Å². The number of pyridine rings is 1. The van der Waals surface area contributed by atoms with Crippen molar-refractivity contribution in [2.75, 3.05) is 19.4 Å². The van der Waals surface area contributed by atoms with Gasteiger partial charge in [-0.25, -0.2) is 17.7 Å². The van der Waals surface area contributed by atoms with Gasteiger partial charge in [0.25, 0.3) is 0 Å². The molecule has 0 spiro atoms. The summed E-state index contributed by atoms with van der Waals surface area (Å²) in [4.78, 5) is 17.7. The van der Waals surface area contributed by atoms with Gasteiger partial charge in [-0.15, -0.1) is 0 Å². The van der Waals surface area contributed by atoms with Gasteiger partial charge in [0.15, 0.2) is 0 Å². The zero-order valence-corrected chi connectivity index (χ0v) is 19.0. The molecule has 0 aliphatic rings. The summed E-state index contributed by atoms with van der Waals surface area (Å²) in [5.41, 5.74) is 2.59. The Labute approximate surface area is 181 Å². The highest BCUT2D eigenvalue weighted by Crippen LogP contribution is 2.29. The number of rotatable bonds is 7. The molecule has 0 aliphatic carbocycles. The summed E-state index contributed by atoms with van der Waals surface area (Å²) in [6, 6.07) is 16.1. The summed E-state index contributed by atoms with van der Waals surface area (Å²) in [6.07, 6.45) is 0.636. The third-order valence-electron chi connectivity index (χ3n) is 4.73. The summed E-state index contributed by atoms with van der Waals surface area (Å²) in [5, 5.41) is 4.47. The molecule has 3 rings (SSSR count). The van der Waals surface area contributed by atoms with Crippen molar-refractivity contribution in [3.63, 3.8) is 0 Å². The van der Waals surface area contributed by atoms with Gasteiger partial charge >= 0.3 is 0 Å². The molecular weight excluding hydrogens is 418 g/mol. The summed E-state index contributed by atoms with van der Waals surface area (Å²) < 4.78 is 25.5. The van der Waals surface area contributed by atoms with Crippen LogP contribution >= 0.6 is 11.8 Å². The van der Waals surface area contributed by atoms with Gasteiger partial charge in [-0.3, -0.25) is 4.79 Å². The third kappa shape index (κ3) is 4.83. The maximum Gasteiger partial charge on any atom is 0.242 e. The van der Waals surface area contributed by atoms with Crippen molar-refractivity contribution in [1.29, 1.82) is 0 Å². The lowest BCUT2D eigenvalue weighted by molar-refractivity contribution is -0.115. The van der Waals surface area contributed by atoms with Crippen molar-refractivity contribution in [3.05, 3.63) is 60.2 Å². The lowest BCUT2D eigenvalue weighted by atomic mass is 10.1. The summed E-state index contributed by atoms with van der Waals surface area (Å²) in [7, 11) is -0.532. The summed E-state index contributed by atoms with van der Waals surface area (Å²) >= 11 is 1.43. The quantitative estimate of drug-likeness (QED) is 0.551. The van der Waals surface area contributed by atoms with E-state index in [1.54, 1.807) is 12.1 Å². The van der Waals surface area contributed by atoms with Gasteiger partial charge in [0.2, 0.25) is 15.9 Å². The molecule has 1 unspecified atom stereocenters. The van der Waals surface area contributed by atoms with Gasteiger partial charge in [-0.2, -0.15) is 0 Å². The first-order chi connectivity index (χ1) is 14.2. The number of aryl methyl sites for hydroxylation is 1. The lowest BCUT2D eigenvalue weighted by Gasteiger charge is -2.16. The van der Waals surface area contributed by atoms with Crippen LogP contribution in [0.2, 0.25) is 0 Å². The van der Waals surface area contributed by atoms with Crippen LogP contribution in [0.15, 0.2) is 64.5 Å². The Morgan fingerprint density at radius 2 is 1.80 bits per heavy atom. The Kier molecular flexibility index (Phi) is 6.80. The fraction of sp³-hybridized carbons (Fsp3) is 0.273. The Bertz CT molecular complexity index is 1160. The molecule has 8 heteroatoms. The number of fused-ring (bicyclic) bond motifs is 1. The number of nitrogens with zero attached hydrogens (tertiary/aromatic N) is 2. The van der Waals surface area contributed by atoms with E-state index < -0.39 is 10.0 Å². The minimum absolute atomic E-state index is 0.140. The molecule has 0 fully saturated rings. The van der Waals surface area contributed by atoms with Crippen molar-refractivity contribution in [3.8, 4) is 0 Å². The number of thioether (sulfide) groups is 1. The standard InChI is InChI=1S/C22H25N3O3S2/c1-5-20(29-21-14-15(2)18-8-6-7-9-19(18)24-21)22(26)23-16-10-12-17(13-11-16)30(27,28)25(3)4/h6-14,20H,5H2,1-4H3,(H,23,26). The number of hydrogen-bond acceptors (Lipinski definition) is 5. The molecule has 0 saturated carbocycles. The van der Waals surface area contributed by atoms with Crippen LogP contribution in [0.5, 0.6) is 0 Å². The van der Waals surface area contributed by atoms with E-state index >= 15 is 0 Å². The molecule has 0 saturated heterocycles. The number of carbonyl (C=O) groups is 1. The van der Waals surface area contributed by atoms with Gasteiger partial charge in [0, 0.05) is 25.2 Å². The predicted molar refractivity (Wildman–Crippen MR) is 122 cm³/mol. The average molecular weight is 444 g/mol. The number of amides is 1. The smallest absolute Gasteiger partial charge is 0.242 e. The maximum atomic E-state index is 12.8. The molecule has 0 bridgehead atoms. The van der Waals surface area contributed by atoms with Crippen LogP contribution in [0.1, 0.15) is 18.9 Å². The van der Waals surface area contributed by atoms with Crippen molar-refractivity contribution in [1.82, 2.24) is 9.29 Å². The van der Waals surface area contributed by atoms with Crippen molar-refractivity contribution in [2.45, 2.75) is 35.4 Å². The predicted octanol–water partition coefficient (Wildman–Crippen LogP) is 4.30. The summed E-state index contributed by atoms with van der Waals surface area (Å²) in [6.45, 7) is 4.00. The van der Waals surface area contributed by atoms with Gasteiger partial charge < -0.3 is 5.32 Å². The molecule has 6 nitrogen and oxygen atoms in total. The van der Waals surface area contributed by atoms with Crippen molar-refractivity contribution >= 4 is 44.3 Å². The van der Waals surface area contributed by atoms with Crippen molar-refractivity contribution < 1.29 is 13.2 Å². The van der Waals surface area contributed by atoms with Crippen LogP contribution in [-0.2, 0) is 14.8 Å².